The number of hydrogen-bond donors (Lipinski definition) is 0. The van der Waals surface area contributed by atoms with E-state index in [9.17, 15) is 0 Å². The molecule has 1 aromatic heterocycles. The Hall–Kier alpha value is -3.33. The molecule has 0 radical (unpaired) electrons. The number of fused-ring (bicyclic) bond motifs is 3. The van der Waals surface area contributed by atoms with E-state index in [1.54, 1.807) is 0 Å². The fourth-order valence-electron chi connectivity index (χ4n) is 4.10. The van der Waals surface area contributed by atoms with Gasteiger partial charge in [0.05, 0.1) is 13.0 Å². The standard InChI is InChI=1S/C25H23N2O/c1-2-28-22-15-12-20(13-16-22)24-18-26-23-11-7-6-8-19(23)14-17-25(26)27(24)21-9-4-3-5-10-21/h3-13,15-16,18H,2,14,17H2,1H3/q+1. The van der Waals surface area contributed by atoms with Crippen LogP contribution in [0.25, 0.3) is 22.6 Å². The number of aromatic nitrogens is 2. The lowest BCUT2D eigenvalue weighted by Gasteiger charge is -2.13. The molecule has 4 aromatic rings. The highest BCUT2D eigenvalue weighted by Crippen LogP contribution is 2.29. The summed E-state index contributed by atoms with van der Waals surface area (Å²) in [5, 5.41) is 0. The summed E-state index contributed by atoms with van der Waals surface area (Å²) in [6.45, 7) is 2.69. The van der Waals surface area contributed by atoms with Crippen molar-refractivity contribution in [2.45, 2.75) is 19.8 Å². The van der Waals surface area contributed by atoms with Crippen molar-refractivity contribution in [3.63, 3.8) is 0 Å². The van der Waals surface area contributed by atoms with Crippen molar-refractivity contribution >= 4 is 0 Å². The molecule has 0 atom stereocenters. The van der Waals surface area contributed by atoms with Crippen molar-refractivity contribution in [3.05, 3.63) is 96.4 Å². The van der Waals surface area contributed by atoms with Crippen LogP contribution in [0.2, 0.25) is 0 Å². The van der Waals surface area contributed by atoms with Gasteiger partial charge in [0.15, 0.2) is 5.69 Å². The first kappa shape index (κ1) is 16.8. The van der Waals surface area contributed by atoms with Gasteiger partial charge in [0.25, 0.3) is 5.82 Å². The molecule has 0 unspecified atom stereocenters. The molecule has 0 N–H and O–H groups in total. The highest BCUT2D eigenvalue weighted by Gasteiger charge is 2.31. The molecular formula is C25H23N2O+. The molecule has 0 amide bonds. The number of ether oxygens (including phenoxy) is 1. The number of para-hydroxylation sites is 2. The second kappa shape index (κ2) is 7.01. The van der Waals surface area contributed by atoms with E-state index in [1.807, 2.05) is 6.92 Å². The van der Waals surface area contributed by atoms with Crippen LogP contribution in [0.1, 0.15) is 18.3 Å². The van der Waals surface area contributed by atoms with E-state index in [-0.39, 0.29) is 0 Å². The lowest BCUT2D eigenvalue weighted by atomic mass is 10.0. The van der Waals surface area contributed by atoms with Gasteiger partial charge in [0.2, 0.25) is 0 Å². The Balaban J connectivity index is 1.72. The maximum absolute atomic E-state index is 5.63. The van der Waals surface area contributed by atoms with Crippen LogP contribution in [0, 0.1) is 0 Å². The van der Waals surface area contributed by atoms with Crippen LogP contribution in [0.5, 0.6) is 5.75 Å². The average molecular weight is 367 g/mol. The van der Waals surface area contributed by atoms with Crippen molar-refractivity contribution in [2.24, 2.45) is 0 Å². The molecule has 2 heterocycles. The minimum Gasteiger partial charge on any atom is -0.494 e. The molecule has 138 valence electrons. The van der Waals surface area contributed by atoms with Gasteiger partial charge in [-0.15, -0.1) is 0 Å². The van der Waals surface area contributed by atoms with Crippen molar-refractivity contribution in [1.29, 1.82) is 0 Å². The van der Waals surface area contributed by atoms with E-state index in [2.05, 4.69) is 94.2 Å². The van der Waals surface area contributed by atoms with Crippen molar-refractivity contribution in [3.8, 4) is 28.4 Å². The summed E-state index contributed by atoms with van der Waals surface area (Å²) in [6.07, 6.45) is 4.36. The maximum Gasteiger partial charge on any atom is 0.267 e. The summed E-state index contributed by atoms with van der Waals surface area (Å²) in [4.78, 5) is 0. The minimum atomic E-state index is 0.681. The first-order valence-electron chi connectivity index (χ1n) is 9.88. The Morgan fingerprint density at radius 2 is 1.61 bits per heavy atom. The lowest BCUT2D eigenvalue weighted by Crippen LogP contribution is -2.39. The Morgan fingerprint density at radius 3 is 2.39 bits per heavy atom. The zero-order valence-corrected chi connectivity index (χ0v) is 16.0. The molecule has 0 spiro atoms. The number of aryl methyl sites for hydroxylation is 1. The molecule has 3 aromatic carbocycles. The van der Waals surface area contributed by atoms with Gasteiger partial charge in [-0.25, -0.2) is 0 Å². The second-order valence-corrected chi connectivity index (χ2v) is 7.06. The van der Waals surface area contributed by atoms with Crippen molar-refractivity contribution in [1.82, 2.24) is 4.57 Å². The predicted octanol–water partition coefficient (Wildman–Crippen LogP) is 4.92. The van der Waals surface area contributed by atoms with Gasteiger partial charge < -0.3 is 4.74 Å². The van der Waals surface area contributed by atoms with Crippen LogP contribution >= 0.6 is 0 Å². The molecule has 0 fully saturated rings. The first-order chi connectivity index (χ1) is 13.8. The topological polar surface area (TPSA) is 18.0 Å². The molecule has 0 bridgehead atoms. The highest BCUT2D eigenvalue weighted by molar-refractivity contribution is 5.63. The van der Waals surface area contributed by atoms with Gasteiger partial charge in [-0.2, -0.15) is 9.13 Å². The molecule has 1 aliphatic heterocycles. The molecule has 1 aliphatic rings. The van der Waals surface area contributed by atoms with Gasteiger partial charge in [-0.3, -0.25) is 0 Å². The minimum absolute atomic E-state index is 0.681. The Bertz CT molecular complexity index is 1110. The van der Waals surface area contributed by atoms with Crippen LogP contribution in [0.4, 0.5) is 0 Å². The number of benzene rings is 3. The number of imidazole rings is 1. The summed E-state index contributed by atoms with van der Waals surface area (Å²) in [6, 6.07) is 27.8. The van der Waals surface area contributed by atoms with Crippen LogP contribution < -0.4 is 9.30 Å². The quantitative estimate of drug-likeness (QED) is 0.468. The smallest absolute Gasteiger partial charge is 0.267 e. The van der Waals surface area contributed by atoms with Crippen molar-refractivity contribution in [2.75, 3.05) is 6.61 Å². The number of rotatable bonds is 4. The van der Waals surface area contributed by atoms with E-state index in [0.29, 0.717) is 6.61 Å². The molecule has 3 heteroatoms. The van der Waals surface area contributed by atoms with Crippen LogP contribution in [0.15, 0.2) is 85.1 Å². The molecule has 0 saturated carbocycles. The molecule has 28 heavy (non-hydrogen) atoms. The summed E-state index contributed by atoms with van der Waals surface area (Å²) < 4.78 is 10.4. The molecule has 0 aliphatic carbocycles. The third-order valence-corrected chi connectivity index (χ3v) is 5.37. The van der Waals surface area contributed by atoms with Gasteiger partial charge in [0, 0.05) is 5.56 Å². The Kier molecular flexibility index (Phi) is 4.21. The van der Waals surface area contributed by atoms with Crippen molar-refractivity contribution < 1.29 is 9.30 Å². The Labute approximate surface area is 165 Å². The predicted molar refractivity (Wildman–Crippen MR) is 111 cm³/mol. The van der Waals surface area contributed by atoms with Gasteiger partial charge in [-0.05, 0) is 61.4 Å². The van der Waals surface area contributed by atoms with E-state index >= 15 is 0 Å². The fourth-order valence-corrected chi connectivity index (χ4v) is 4.10. The van der Waals surface area contributed by atoms with Crippen LogP contribution in [0.3, 0.4) is 0 Å². The SMILES string of the molecule is CCOc1ccc(-c2c[n+]3c(n2-c2ccccc2)CCc2ccccc2-3)cc1. The molecule has 5 rings (SSSR count). The van der Waals surface area contributed by atoms with E-state index in [1.165, 1.54) is 34.0 Å². The van der Waals surface area contributed by atoms with Gasteiger partial charge in [0.1, 0.15) is 23.3 Å². The molecule has 3 nitrogen and oxygen atoms in total. The first-order valence-corrected chi connectivity index (χ1v) is 9.88. The summed E-state index contributed by atoms with van der Waals surface area (Å²) in [7, 11) is 0. The molecule has 0 saturated heterocycles. The van der Waals surface area contributed by atoms with Crippen LogP contribution in [-0.2, 0) is 12.8 Å². The van der Waals surface area contributed by atoms with Gasteiger partial charge >= 0.3 is 0 Å². The summed E-state index contributed by atoms with van der Waals surface area (Å²) >= 11 is 0. The third-order valence-electron chi connectivity index (χ3n) is 5.37. The van der Waals surface area contributed by atoms with Crippen LogP contribution in [-0.4, -0.2) is 11.2 Å². The van der Waals surface area contributed by atoms with E-state index in [4.69, 9.17) is 4.74 Å². The summed E-state index contributed by atoms with van der Waals surface area (Å²) in [5.41, 5.74) is 6.27. The third kappa shape index (κ3) is 2.80. The normalized spacial score (nSPS) is 12.3. The van der Waals surface area contributed by atoms with Gasteiger partial charge in [-0.1, -0.05) is 36.4 Å². The van der Waals surface area contributed by atoms with E-state index in [0.717, 1.165) is 18.6 Å². The Morgan fingerprint density at radius 1 is 0.857 bits per heavy atom. The van der Waals surface area contributed by atoms with E-state index < -0.39 is 0 Å². The second-order valence-electron chi connectivity index (χ2n) is 7.06. The number of hydrogen-bond acceptors (Lipinski definition) is 1. The lowest BCUT2D eigenvalue weighted by molar-refractivity contribution is -0.606. The fraction of sp³-hybridized carbons (Fsp3) is 0.160. The number of nitrogens with zero attached hydrogens (tertiary/aromatic N) is 2. The largest absolute Gasteiger partial charge is 0.494 e. The highest BCUT2D eigenvalue weighted by atomic mass is 16.5. The average Bonchev–Trinajstić information content (AvgIpc) is 3.15. The monoisotopic (exact) mass is 367 g/mol. The maximum atomic E-state index is 5.63. The molecular weight excluding hydrogens is 344 g/mol. The zero-order valence-electron chi connectivity index (χ0n) is 16.0. The zero-order chi connectivity index (χ0) is 18.9. The summed E-state index contributed by atoms with van der Waals surface area (Å²) in [5.74, 6) is 2.22.